The van der Waals surface area contributed by atoms with E-state index in [-0.39, 0.29) is 16.6 Å². The van der Waals surface area contributed by atoms with E-state index in [0.717, 1.165) is 19.3 Å². The Morgan fingerprint density at radius 2 is 1.86 bits per heavy atom. The van der Waals surface area contributed by atoms with Gasteiger partial charge < -0.3 is 10.1 Å². The second-order valence-electron chi connectivity index (χ2n) is 5.36. The van der Waals surface area contributed by atoms with Crippen molar-refractivity contribution in [3.8, 4) is 5.75 Å². The number of carbonyl (C=O) groups is 1. The monoisotopic (exact) mass is 327 g/mol. The van der Waals surface area contributed by atoms with E-state index in [0.29, 0.717) is 12.3 Å². The number of sulfone groups is 1. The minimum atomic E-state index is -3.48. The number of hydrogen-bond donors (Lipinski definition) is 1. The Balaban J connectivity index is 2.60. The molecule has 124 valence electrons. The molecule has 22 heavy (non-hydrogen) atoms. The number of methoxy groups -OCH3 is 1. The highest BCUT2D eigenvalue weighted by molar-refractivity contribution is 7.91. The summed E-state index contributed by atoms with van der Waals surface area (Å²) in [6, 6.07) is 6.20. The summed E-state index contributed by atoms with van der Waals surface area (Å²) >= 11 is 0. The SMILES string of the molecule is CCCCCNC(=O)[C@@H](C)CS(=O)(=O)c1ccc(OC)cc1. The molecule has 0 heterocycles. The van der Waals surface area contributed by atoms with Gasteiger partial charge in [0.05, 0.1) is 17.8 Å². The fourth-order valence-corrected chi connectivity index (χ4v) is 3.60. The second kappa shape index (κ2) is 8.78. The number of ether oxygens (including phenoxy) is 1. The highest BCUT2D eigenvalue weighted by atomic mass is 32.2. The average molecular weight is 327 g/mol. The van der Waals surface area contributed by atoms with Crippen LogP contribution in [0.15, 0.2) is 29.2 Å². The third-order valence-corrected chi connectivity index (χ3v) is 5.34. The van der Waals surface area contributed by atoms with Crippen molar-refractivity contribution in [2.24, 2.45) is 5.92 Å². The van der Waals surface area contributed by atoms with Crippen LogP contribution >= 0.6 is 0 Å². The molecule has 1 rings (SSSR count). The molecule has 0 unspecified atom stereocenters. The first kappa shape index (κ1) is 18.5. The zero-order chi connectivity index (χ0) is 16.6. The molecule has 0 aromatic heterocycles. The Morgan fingerprint density at radius 3 is 2.41 bits per heavy atom. The third kappa shape index (κ3) is 5.67. The minimum absolute atomic E-state index is 0.195. The predicted molar refractivity (Wildman–Crippen MR) is 86.7 cm³/mol. The highest BCUT2D eigenvalue weighted by Gasteiger charge is 2.23. The first-order chi connectivity index (χ1) is 10.4. The van der Waals surface area contributed by atoms with Crippen molar-refractivity contribution in [3.05, 3.63) is 24.3 Å². The Kier molecular flexibility index (Phi) is 7.38. The lowest BCUT2D eigenvalue weighted by atomic mass is 10.2. The van der Waals surface area contributed by atoms with E-state index in [1.54, 1.807) is 19.1 Å². The summed E-state index contributed by atoms with van der Waals surface area (Å²) in [6.07, 6.45) is 3.05. The molecule has 0 aliphatic rings. The van der Waals surface area contributed by atoms with Crippen molar-refractivity contribution < 1.29 is 17.9 Å². The Morgan fingerprint density at radius 1 is 1.23 bits per heavy atom. The number of amides is 1. The zero-order valence-electron chi connectivity index (χ0n) is 13.5. The van der Waals surface area contributed by atoms with Crippen molar-refractivity contribution in [2.75, 3.05) is 19.4 Å². The van der Waals surface area contributed by atoms with Gasteiger partial charge in [-0.1, -0.05) is 26.7 Å². The van der Waals surface area contributed by atoms with E-state index in [1.165, 1.54) is 19.2 Å². The van der Waals surface area contributed by atoms with Crippen molar-refractivity contribution in [2.45, 2.75) is 38.0 Å². The third-order valence-electron chi connectivity index (χ3n) is 3.42. The molecule has 0 saturated carbocycles. The molecule has 1 aromatic rings. The normalized spacial score (nSPS) is 12.7. The maximum Gasteiger partial charge on any atom is 0.223 e. The van der Waals surface area contributed by atoms with Gasteiger partial charge in [0.15, 0.2) is 9.84 Å². The van der Waals surface area contributed by atoms with Crippen molar-refractivity contribution in [1.82, 2.24) is 5.32 Å². The summed E-state index contributed by atoms with van der Waals surface area (Å²) in [6.45, 7) is 4.32. The fraction of sp³-hybridized carbons (Fsp3) is 0.562. The highest BCUT2D eigenvalue weighted by Crippen LogP contribution is 2.18. The maximum absolute atomic E-state index is 12.3. The molecule has 0 bridgehead atoms. The van der Waals surface area contributed by atoms with Gasteiger partial charge in [-0.2, -0.15) is 0 Å². The number of benzene rings is 1. The largest absolute Gasteiger partial charge is 0.497 e. The molecule has 5 nitrogen and oxygen atoms in total. The van der Waals surface area contributed by atoms with E-state index < -0.39 is 15.8 Å². The lowest BCUT2D eigenvalue weighted by molar-refractivity contribution is -0.123. The molecular formula is C16H25NO4S. The van der Waals surface area contributed by atoms with E-state index >= 15 is 0 Å². The van der Waals surface area contributed by atoms with Crippen LogP contribution in [0.5, 0.6) is 5.75 Å². The molecule has 0 aliphatic carbocycles. The zero-order valence-corrected chi connectivity index (χ0v) is 14.3. The molecule has 0 fully saturated rings. The maximum atomic E-state index is 12.3. The van der Waals surface area contributed by atoms with Crippen molar-refractivity contribution >= 4 is 15.7 Å². The topological polar surface area (TPSA) is 72.5 Å². The average Bonchev–Trinajstić information content (AvgIpc) is 2.51. The first-order valence-electron chi connectivity index (χ1n) is 7.55. The molecule has 0 saturated heterocycles. The van der Waals surface area contributed by atoms with Gasteiger partial charge >= 0.3 is 0 Å². The smallest absolute Gasteiger partial charge is 0.223 e. The van der Waals surface area contributed by atoms with Crippen molar-refractivity contribution in [3.63, 3.8) is 0 Å². The summed E-state index contributed by atoms with van der Waals surface area (Å²) < 4.78 is 29.6. The van der Waals surface area contributed by atoms with Crippen LogP contribution in [0.1, 0.15) is 33.1 Å². The number of hydrogen-bond acceptors (Lipinski definition) is 4. The number of unbranched alkanes of at least 4 members (excludes halogenated alkanes) is 2. The molecular weight excluding hydrogens is 302 g/mol. The summed E-state index contributed by atoms with van der Waals surface area (Å²) in [5, 5.41) is 2.79. The predicted octanol–water partition coefficient (Wildman–Crippen LogP) is 2.41. The minimum Gasteiger partial charge on any atom is -0.497 e. The van der Waals surface area contributed by atoms with Crippen molar-refractivity contribution in [1.29, 1.82) is 0 Å². The standard InChI is InChI=1S/C16H25NO4S/c1-4-5-6-11-17-16(18)13(2)12-22(19,20)15-9-7-14(21-3)8-10-15/h7-10,13H,4-6,11-12H2,1-3H3,(H,17,18)/t13-/m0/s1. The van der Waals surface area contributed by atoms with Gasteiger partial charge in [0.25, 0.3) is 0 Å². The Labute approximate surface area is 133 Å². The number of nitrogens with one attached hydrogen (secondary N) is 1. The summed E-state index contributed by atoms with van der Waals surface area (Å²) in [5.74, 6) is -0.388. The molecule has 1 aromatic carbocycles. The first-order valence-corrected chi connectivity index (χ1v) is 9.20. The lowest BCUT2D eigenvalue weighted by Crippen LogP contribution is -2.33. The Hall–Kier alpha value is -1.56. The summed E-state index contributed by atoms with van der Waals surface area (Å²) in [4.78, 5) is 12.1. The molecule has 1 amide bonds. The molecule has 0 spiro atoms. The molecule has 1 N–H and O–H groups in total. The molecule has 0 aliphatic heterocycles. The van der Waals surface area contributed by atoms with Gasteiger partial charge in [-0.25, -0.2) is 8.42 Å². The van der Waals surface area contributed by atoms with E-state index in [9.17, 15) is 13.2 Å². The van der Waals surface area contributed by atoms with E-state index in [4.69, 9.17) is 4.74 Å². The van der Waals surface area contributed by atoms with Crippen LogP contribution in [-0.2, 0) is 14.6 Å². The van der Waals surface area contributed by atoms with Gasteiger partial charge in [-0.05, 0) is 30.7 Å². The quantitative estimate of drug-likeness (QED) is 0.707. The van der Waals surface area contributed by atoms with Crippen LogP contribution in [0.25, 0.3) is 0 Å². The van der Waals surface area contributed by atoms with Gasteiger partial charge in [0, 0.05) is 12.5 Å². The van der Waals surface area contributed by atoms with E-state index in [2.05, 4.69) is 12.2 Å². The van der Waals surface area contributed by atoms with Gasteiger partial charge in [-0.15, -0.1) is 0 Å². The van der Waals surface area contributed by atoms with Crippen LogP contribution in [-0.4, -0.2) is 33.7 Å². The van der Waals surface area contributed by atoms with E-state index in [1.807, 2.05) is 0 Å². The van der Waals surface area contributed by atoms with Gasteiger partial charge in [-0.3, -0.25) is 4.79 Å². The molecule has 1 atom stereocenters. The van der Waals surface area contributed by atoms with Crippen LogP contribution in [0.4, 0.5) is 0 Å². The van der Waals surface area contributed by atoms with Gasteiger partial charge in [0.1, 0.15) is 5.75 Å². The number of rotatable bonds is 9. The summed E-state index contributed by atoms with van der Waals surface area (Å²) in [7, 11) is -1.96. The van der Waals surface area contributed by atoms with Crippen LogP contribution in [0.2, 0.25) is 0 Å². The van der Waals surface area contributed by atoms with Gasteiger partial charge in [0.2, 0.25) is 5.91 Å². The summed E-state index contributed by atoms with van der Waals surface area (Å²) in [5.41, 5.74) is 0. The molecule has 0 radical (unpaired) electrons. The Bertz CT molecular complexity index is 566. The fourth-order valence-electron chi connectivity index (χ4n) is 2.04. The number of carbonyl (C=O) groups excluding carboxylic acids is 1. The lowest BCUT2D eigenvalue weighted by Gasteiger charge is -2.13. The second-order valence-corrected chi connectivity index (χ2v) is 7.39. The molecule has 6 heteroatoms. The van der Waals surface area contributed by atoms with Crippen LogP contribution in [0, 0.1) is 5.92 Å². The van der Waals surface area contributed by atoms with Crippen LogP contribution in [0.3, 0.4) is 0 Å². The van der Waals surface area contributed by atoms with Crippen LogP contribution < -0.4 is 10.1 Å².